The molecule has 0 aliphatic rings. The molecule has 0 unspecified atom stereocenters. The molecule has 1 aromatic rings. The van der Waals surface area contributed by atoms with Crippen molar-refractivity contribution < 1.29 is 9.90 Å². The van der Waals surface area contributed by atoms with Crippen LogP contribution < -0.4 is 10.6 Å². The molecule has 0 spiro atoms. The molecule has 0 heterocycles. The standard InChI is InChI=1S/C12H18N2O2/c1-13-11-7-3-2-6-10(11)12(16)14-8-4-5-9-15/h2-3,6-7,13,15H,4-5,8-9H2,1H3,(H,14,16). The minimum Gasteiger partial charge on any atom is -0.396 e. The molecule has 0 fully saturated rings. The number of para-hydroxylation sites is 1. The van der Waals surface area contributed by atoms with Crippen molar-refractivity contribution in [3.63, 3.8) is 0 Å². The molecule has 0 aliphatic heterocycles. The number of carbonyl (C=O) groups is 1. The Morgan fingerprint density at radius 1 is 1.31 bits per heavy atom. The highest BCUT2D eigenvalue weighted by molar-refractivity contribution is 5.99. The number of amides is 1. The zero-order chi connectivity index (χ0) is 11.8. The van der Waals surface area contributed by atoms with Gasteiger partial charge in [-0.3, -0.25) is 4.79 Å². The van der Waals surface area contributed by atoms with E-state index < -0.39 is 0 Å². The Kier molecular flexibility index (Phi) is 5.36. The zero-order valence-corrected chi connectivity index (χ0v) is 9.49. The maximum Gasteiger partial charge on any atom is 0.253 e. The maximum atomic E-state index is 11.8. The second-order valence-electron chi connectivity index (χ2n) is 3.48. The summed E-state index contributed by atoms with van der Waals surface area (Å²) in [6, 6.07) is 7.37. The van der Waals surface area contributed by atoms with Crippen LogP contribution in [-0.4, -0.2) is 31.2 Å². The van der Waals surface area contributed by atoms with E-state index in [0.29, 0.717) is 18.5 Å². The quantitative estimate of drug-likeness (QED) is 0.634. The Morgan fingerprint density at radius 2 is 2.06 bits per heavy atom. The lowest BCUT2D eigenvalue weighted by molar-refractivity contribution is 0.0953. The summed E-state index contributed by atoms with van der Waals surface area (Å²) < 4.78 is 0. The van der Waals surface area contributed by atoms with Gasteiger partial charge in [0.2, 0.25) is 0 Å². The first-order chi connectivity index (χ1) is 7.79. The van der Waals surface area contributed by atoms with Crippen LogP contribution in [0.4, 0.5) is 5.69 Å². The van der Waals surface area contributed by atoms with Gasteiger partial charge in [-0.25, -0.2) is 0 Å². The van der Waals surface area contributed by atoms with E-state index in [0.717, 1.165) is 12.1 Å². The normalized spacial score (nSPS) is 9.88. The van der Waals surface area contributed by atoms with Crippen LogP contribution in [0, 0.1) is 0 Å². The molecule has 0 bridgehead atoms. The van der Waals surface area contributed by atoms with Gasteiger partial charge in [-0.1, -0.05) is 12.1 Å². The minimum atomic E-state index is -0.0807. The monoisotopic (exact) mass is 222 g/mol. The van der Waals surface area contributed by atoms with Crippen molar-refractivity contribution in [2.45, 2.75) is 12.8 Å². The van der Waals surface area contributed by atoms with Crippen molar-refractivity contribution in [3.05, 3.63) is 29.8 Å². The Balaban J connectivity index is 2.52. The number of nitrogens with one attached hydrogen (secondary N) is 2. The number of anilines is 1. The van der Waals surface area contributed by atoms with Gasteiger partial charge in [0.05, 0.1) is 5.56 Å². The summed E-state index contributed by atoms with van der Waals surface area (Å²) >= 11 is 0. The third kappa shape index (κ3) is 3.55. The van der Waals surface area contributed by atoms with Crippen LogP contribution in [0.15, 0.2) is 24.3 Å². The number of rotatable bonds is 6. The van der Waals surface area contributed by atoms with Gasteiger partial charge >= 0.3 is 0 Å². The molecule has 1 aromatic carbocycles. The molecule has 0 atom stereocenters. The number of carbonyl (C=O) groups excluding carboxylic acids is 1. The van der Waals surface area contributed by atoms with Gasteiger partial charge in [0.25, 0.3) is 5.91 Å². The molecule has 3 N–H and O–H groups in total. The van der Waals surface area contributed by atoms with E-state index in [4.69, 9.17) is 5.11 Å². The van der Waals surface area contributed by atoms with Gasteiger partial charge in [-0.15, -0.1) is 0 Å². The van der Waals surface area contributed by atoms with Crippen LogP contribution in [0.1, 0.15) is 23.2 Å². The van der Waals surface area contributed by atoms with Crippen molar-refractivity contribution in [3.8, 4) is 0 Å². The van der Waals surface area contributed by atoms with E-state index in [9.17, 15) is 4.79 Å². The lowest BCUT2D eigenvalue weighted by Crippen LogP contribution is -2.25. The molecule has 0 aromatic heterocycles. The second-order valence-corrected chi connectivity index (χ2v) is 3.48. The van der Waals surface area contributed by atoms with Crippen LogP contribution in [0.2, 0.25) is 0 Å². The number of hydrogen-bond acceptors (Lipinski definition) is 3. The van der Waals surface area contributed by atoms with Crippen molar-refractivity contribution in [1.82, 2.24) is 5.32 Å². The molecule has 0 radical (unpaired) electrons. The summed E-state index contributed by atoms with van der Waals surface area (Å²) in [5.41, 5.74) is 1.47. The first kappa shape index (κ1) is 12.5. The molecule has 16 heavy (non-hydrogen) atoms. The van der Waals surface area contributed by atoms with E-state index in [-0.39, 0.29) is 12.5 Å². The first-order valence-electron chi connectivity index (χ1n) is 5.45. The number of benzene rings is 1. The predicted octanol–water partition coefficient (Wildman–Crippen LogP) is 1.23. The van der Waals surface area contributed by atoms with Gasteiger partial charge in [-0.05, 0) is 25.0 Å². The van der Waals surface area contributed by atoms with Crippen LogP contribution in [-0.2, 0) is 0 Å². The fourth-order valence-corrected chi connectivity index (χ4v) is 1.43. The van der Waals surface area contributed by atoms with Gasteiger partial charge in [-0.2, -0.15) is 0 Å². The van der Waals surface area contributed by atoms with Gasteiger partial charge in [0.15, 0.2) is 0 Å². The molecule has 1 rings (SSSR count). The third-order valence-electron chi connectivity index (χ3n) is 2.31. The van der Waals surface area contributed by atoms with E-state index >= 15 is 0 Å². The van der Waals surface area contributed by atoms with E-state index in [1.165, 1.54) is 0 Å². The Hall–Kier alpha value is -1.55. The summed E-state index contributed by atoms with van der Waals surface area (Å²) in [6.07, 6.45) is 1.51. The number of hydrogen-bond donors (Lipinski definition) is 3. The highest BCUT2D eigenvalue weighted by atomic mass is 16.2. The van der Waals surface area contributed by atoms with Crippen molar-refractivity contribution in [2.24, 2.45) is 0 Å². The molecule has 0 saturated carbocycles. The molecule has 4 nitrogen and oxygen atoms in total. The average Bonchev–Trinajstić information content (AvgIpc) is 2.34. The zero-order valence-electron chi connectivity index (χ0n) is 9.49. The number of unbranched alkanes of at least 4 members (excludes halogenated alkanes) is 1. The Bertz CT molecular complexity index is 340. The number of aliphatic hydroxyl groups is 1. The van der Waals surface area contributed by atoms with Crippen LogP contribution >= 0.6 is 0 Å². The molecule has 1 amide bonds. The van der Waals surface area contributed by atoms with Crippen molar-refractivity contribution >= 4 is 11.6 Å². The molecule has 0 saturated heterocycles. The summed E-state index contributed by atoms with van der Waals surface area (Å²) in [4.78, 5) is 11.8. The van der Waals surface area contributed by atoms with Gasteiger partial charge < -0.3 is 15.7 Å². The van der Waals surface area contributed by atoms with E-state index in [1.54, 1.807) is 13.1 Å². The summed E-state index contributed by atoms with van der Waals surface area (Å²) in [7, 11) is 1.79. The highest BCUT2D eigenvalue weighted by Gasteiger charge is 2.08. The molecular weight excluding hydrogens is 204 g/mol. The number of aliphatic hydroxyl groups excluding tert-OH is 1. The van der Waals surface area contributed by atoms with E-state index in [2.05, 4.69) is 10.6 Å². The second kappa shape index (κ2) is 6.85. The largest absolute Gasteiger partial charge is 0.396 e. The minimum absolute atomic E-state index is 0.0807. The summed E-state index contributed by atoms with van der Waals surface area (Å²) in [6.45, 7) is 0.764. The van der Waals surface area contributed by atoms with Crippen LogP contribution in [0.3, 0.4) is 0 Å². The lowest BCUT2D eigenvalue weighted by Gasteiger charge is -2.09. The first-order valence-corrected chi connectivity index (χ1v) is 5.45. The SMILES string of the molecule is CNc1ccccc1C(=O)NCCCCO. The summed E-state index contributed by atoms with van der Waals surface area (Å²) in [5, 5.41) is 14.4. The van der Waals surface area contributed by atoms with Crippen molar-refractivity contribution in [2.75, 3.05) is 25.5 Å². The summed E-state index contributed by atoms with van der Waals surface area (Å²) in [5.74, 6) is -0.0807. The highest BCUT2D eigenvalue weighted by Crippen LogP contribution is 2.13. The van der Waals surface area contributed by atoms with Gasteiger partial charge in [0.1, 0.15) is 0 Å². The molecule has 4 heteroatoms. The van der Waals surface area contributed by atoms with Gasteiger partial charge in [0, 0.05) is 25.9 Å². The third-order valence-corrected chi connectivity index (χ3v) is 2.31. The maximum absolute atomic E-state index is 11.8. The van der Waals surface area contributed by atoms with Crippen LogP contribution in [0.5, 0.6) is 0 Å². The van der Waals surface area contributed by atoms with Crippen molar-refractivity contribution in [1.29, 1.82) is 0 Å². The molecule has 0 aliphatic carbocycles. The smallest absolute Gasteiger partial charge is 0.253 e. The Morgan fingerprint density at radius 3 is 2.75 bits per heavy atom. The fraction of sp³-hybridized carbons (Fsp3) is 0.417. The predicted molar refractivity (Wildman–Crippen MR) is 64.6 cm³/mol. The van der Waals surface area contributed by atoms with Crippen LogP contribution in [0.25, 0.3) is 0 Å². The molecular formula is C12H18N2O2. The average molecular weight is 222 g/mol. The lowest BCUT2D eigenvalue weighted by atomic mass is 10.1. The Labute approximate surface area is 95.7 Å². The van der Waals surface area contributed by atoms with E-state index in [1.807, 2.05) is 18.2 Å². The molecule has 88 valence electrons. The fourth-order valence-electron chi connectivity index (χ4n) is 1.43. The topological polar surface area (TPSA) is 61.4 Å².